The smallest absolute Gasteiger partial charge is 0.265 e. The summed E-state index contributed by atoms with van der Waals surface area (Å²) in [6, 6.07) is 12.2. The van der Waals surface area contributed by atoms with Crippen LogP contribution in [0.2, 0.25) is 0 Å². The molecule has 0 aromatic heterocycles. The Hall–Kier alpha value is -2.69. The molecule has 2 N–H and O–H groups in total. The maximum absolute atomic E-state index is 11.8. The molecule has 1 amide bonds. The van der Waals surface area contributed by atoms with Crippen LogP contribution in [-0.4, -0.2) is 24.7 Å². The second-order valence-electron chi connectivity index (χ2n) is 10.3. The van der Waals surface area contributed by atoms with Crippen LogP contribution in [0.5, 0.6) is 11.5 Å². The van der Waals surface area contributed by atoms with Crippen LogP contribution in [0.15, 0.2) is 36.4 Å². The van der Waals surface area contributed by atoms with Crippen molar-refractivity contribution in [1.29, 1.82) is 0 Å². The quantitative estimate of drug-likeness (QED) is 0.535. The van der Waals surface area contributed by atoms with Crippen molar-refractivity contribution in [1.82, 2.24) is 0 Å². The number of benzene rings is 2. The molecular formula is C28H40N2O3. The van der Waals surface area contributed by atoms with E-state index in [1.807, 2.05) is 26.0 Å². The van der Waals surface area contributed by atoms with Crippen LogP contribution >= 0.6 is 0 Å². The SMILES string of the molecule is CC(C)c1cccc2c1OC(C(C)C)C(=O)N2.CC(C)c1cccc2c1OC(C(C)C)CN2. The van der Waals surface area contributed by atoms with Crippen LogP contribution in [0.4, 0.5) is 11.4 Å². The number of rotatable bonds is 4. The number of ether oxygens (including phenoxy) is 2. The van der Waals surface area contributed by atoms with Gasteiger partial charge in [-0.05, 0) is 46.9 Å². The molecule has 0 bridgehead atoms. The van der Waals surface area contributed by atoms with E-state index in [0.717, 1.165) is 35.0 Å². The van der Waals surface area contributed by atoms with Crippen molar-refractivity contribution in [3.05, 3.63) is 47.5 Å². The Morgan fingerprint density at radius 1 is 0.758 bits per heavy atom. The summed E-state index contributed by atoms with van der Waals surface area (Å²) in [6.45, 7) is 18.0. The molecule has 0 fully saturated rings. The van der Waals surface area contributed by atoms with E-state index in [4.69, 9.17) is 9.47 Å². The molecule has 4 rings (SSSR count). The number of nitrogens with one attached hydrogen (secondary N) is 2. The van der Waals surface area contributed by atoms with E-state index in [-0.39, 0.29) is 24.0 Å². The van der Waals surface area contributed by atoms with Gasteiger partial charge in [-0.3, -0.25) is 4.79 Å². The molecule has 2 heterocycles. The van der Waals surface area contributed by atoms with Crippen molar-refractivity contribution in [3.8, 4) is 11.5 Å². The molecule has 2 atom stereocenters. The maximum atomic E-state index is 11.8. The first-order chi connectivity index (χ1) is 15.6. The first-order valence-corrected chi connectivity index (χ1v) is 12.2. The number of para-hydroxylation sites is 2. The minimum absolute atomic E-state index is 0.0478. The summed E-state index contributed by atoms with van der Waals surface area (Å²) in [5.74, 6) is 3.44. The number of amides is 1. The monoisotopic (exact) mass is 452 g/mol. The van der Waals surface area contributed by atoms with Gasteiger partial charge in [0, 0.05) is 0 Å². The van der Waals surface area contributed by atoms with Gasteiger partial charge in [0.1, 0.15) is 17.6 Å². The highest BCUT2D eigenvalue weighted by Crippen LogP contribution is 2.39. The second kappa shape index (κ2) is 10.5. The zero-order valence-corrected chi connectivity index (χ0v) is 21.4. The second-order valence-corrected chi connectivity index (χ2v) is 10.3. The van der Waals surface area contributed by atoms with E-state index in [1.54, 1.807) is 0 Å². The molecule has 0 saturated carbocycles. The van der Waals surface area contributed by atoms with Gasteiger partial charge in [-0.1, -0.05) is 79.7 Å². The summed E-state index contributed by atoms with van der Waals surface area (Å²) in [7, 11) is 0. The van der Waals surface area contributed by atoms with E-state index in [1.165, 1.54) is 5.56 Å². The molecule has 33 heavy (non-hydrogen) atoms. The highest BCUT2D eigenvalue weighted by Gasteiger charge is 2.31. The molecule has 2 aliphatic heterocycles. The Morgan fingerprint density at radius 2 is 1.30 bits per heavy atom. The minimum atomic E-state index is -0.387. The van der Waals surface area contributed by atoms with Crippen molar-refractivity contribution in [2.45, 2.75) is 79.4 Å². The molecule has 2 aromatic rings. The summed E-state index contributed by atoms with van der Waals surface area (Å²) in [6.07, 6.45) is -0.102. The molecule has 2 unspecified atom stereocenters. The van der Waals surface area contributed by atoms with E-state index in [2.05, 4.69) is 76.4 Å². The Labute approximate surface area is 199 Å². The van der Waals surface area contributed by atoms with Gasteiger partial charge < -0.3 is 20.1 Å². The number of carbonyl (C=O) groups excluding carboxylic acids is 1. The minimum Gasteiger partial charge on any atom is -0.486 e. The Balaban J connectivity index is 0.000000186. The van der Waals surface area contributed by atoms with Crippen molar-refractivity contribution >= 4 is 17.3 Å². The molecule has 5 nitrogen and oxygen atoms in total. The van der Waals surface area contributed by atoms with Gasteiger partial charge in [-0.2, -0.15) is 0 Å². The Morgan fingerprint density at radius 3 is 1.82 bits per heavy atom. The molecule has 5 heteroatoms. The molecular weight excluding hydrogens is 412 g/mol. The van der Waals surface area contributed by atoms with Gasteiger partial charge >= 0.3 is 0 Å². The maximum Gasteiger partial charge on any atom is 0.265 e. The third kappa shape index (κ3) is 5.63. The van der Waals surface area contributed by atoms with Crippen LogP contribution in [0.1, 0.15) is 78.4 Å². The lowest BCUT2D eigenvalue weighted by Gasteiger charge is -2.32. The van der Waals surface area contributed by atoms with Gasteiger partial charge in [-0.25, -0.2) is 0 Å². The fraction of sp³-hybridized carbons (Fsp3) is 0.536. The largest absolute Gasteiger partial charge is 0.486 e. The van der Waals surface area contributed by atoms with Crippen molar-refractivity contribution in [2.24, 2.45) is 11.8 Å². The number of anilines is 2. The fourth-order valence-electron chi connectivity index (χ4n) is 4.12. The first kappa shape index (κ1) is 24.9. The first-order valence-electron chi connectivity index (χ1n) is 12.2. The zero-order chi connectivity index (χ0) is 24.3. The lowest BCUT2D eigenvalue weighted by molar-refractivity contribution is -0.125. The third-order valence-corrected chi connectivity index (χ3v) is 6.21. The third-order valence-electron chi connectivity index (χ3n) is 6.21. The fourth-order valence-corrected chi connectivity index (χ4v) is 4.12. The normalized spacial score (nSPS) is 19.1. The van der Waals surface area contributed by atoms with Crippen LogP contribution in [0, 0.1) is 11.8 Å². The summed E-state index contributed by atoms with van der Waals surface area (Å²) >= 11 is 0. The van der Waals surface area contributed by atoms with Gasteiger partial charge in [0.15, 0.2) is 6.10 Å². The van der Waals surface area contributed by atoms with Gasteiger partial charge in [0.2, 0.25) is 0 Å². The van der Waals surface area contributed by atoms with Crippen LogP contribution in [0.3, 0.4) is 0 Å². The standard InChI is InChI=1S/C14H19NO2.C14H21NO/c1-8(2)10-6-5-7-11-13(10)17-12(9(3)4)14(16)15-11;1-9(2)11-6-5-7-12-14(11)16-13(8-15-12)10(3)4/h5-9,12H,1-4H3,(H,15,16);5-7,9-10,13,15H,8H2,1-4H3. The van der Waals surface area contributed by atoms with Crippen molar-refractivity contribution in [3.63, 3.8) is 0 Å². The molecule has 0 saturated heterocycles. The summed E-state index contributed by atoms with van der Waals surface area (Å²) in [5, 5.41) is 6.39. The van der Waals surface area contributed by atoms with E-state index >= 15 is 0 Å². The number of fused-ring (bicyclic) bond motifs is 2. The Bertz CT molecular complexity index is 966. The topological polar surface area (TPSA) is 59.6 Å². The van der Waals surface area contributed by atoms with E-state index in [0.29, 0.717) is 17.8 Å². The summed E-state index contributed by atoms with van der Waals surface area (Å²) in [4.78, 5) is 11.8. The molecule has 180 valence electrons. The number of carbonyl (C=O) groups is 1. The molecule has 0 spiro atoms. The molecule has 2 aliphatic rings. The average molecular weight is 453 g/mol. The van der Waals surface area contributed by atoms with Gasteiger partial charge in [0.05, 0.1) is 17.9 Å². The van der Waals surface area contributed by atoms with Crippen LogP contribution < -0.4 is 20.1 Å². The average Bonchev–Trinajstić information content (AvgIpc) is 2.77. The summed E-state index contributed by atoms with van der Waals surface area (Å²) in [5.41, 5.74) is 4.38. The highest BCUT2D eigenvalue weighted by atomic mass is 16.5. The molecule has 0 aliphatic carbocycles. The zero-order valence-electron chi connectivity index (χ0n) is 21.4. The van der Waals surface area contributed by atoms with Gasteiger partial charge in [0.25, 0.3) is 5.91 Å². The molecule has 0 radical (unpaired) electrons. The lowest BCUT2D eigenvalue weighted by atomic mass is 9.98. The van der Waals surface area contributed by atoms with E-state index in [9.17, 15) is 4.79 Å². The summed E-state index contributed by atoms with van der Waals surface area (Å²) < 4.78 is 12.0. The number of hydrogen-bond donors (Lipinski definition) is 2. The Kier molecular flexibility index (Phi) is 7.93. The van der Waals surface area contributed by atoms with Crippen molar-refractivity contribution < 1.29 is 14.3 Å². The predicted molar refractivity (Wildman–Crippen MR) is 137 cm³/mol. The molecule has 2 aromatic carbocycles. The van der Waals surface area contributed by atoms with Crippen molar-refractivity contribution in [2.75, 3.05) is 17.2 Å². The van der Waals surface area contributed by atoms with Crippen LogP contribution in [0.25, 0.3) is 0 Å². The number of hydrogen-bond acceptors (Lipinski definition) is 4. The van der Waals surface area contributed by atoms with Gasteiger partial charge in [-0.15, -0.1) is 0 Å². The van der Waals surface area contributed by atoms with Crippen LogP contribution in [-0.2, 0) is 4.79 Å². The lowest BCUT2D eigenvalue weighted by Crippen LogP contribution is -2.41. The highest BCUT2D eigenvalue weighted by molar-refractivity contribution is 5.98. The van der Waals surface area contributed by atoms with E-state index < -0.39 is 0 Å². The predicted octanol–water partition coefficient (Wildman–Crippen LogP) is 6.80.